The number of nitrogen functional groups attached to an aromatic ring is 1. The topological polar surface area (TPSA) is 118 Å². The molecule has 0 spiro atoms. The molecule has 0 fully saturated rings. The van der Waals surface area contributed by atoms with Crippen LogP contribution in [0.25, 0.3) is 16.9 Å². The highest BCUT2D eigenvalue weighted by molar-refractivity contribution is 5.97. The van der Waals surface area contributed by atoms with Crippen LogP contribution in [0, 0.1) is 0 Å². The van der Waals surface area contributed by atoms with Gasteiger partial charge in [-0.2, -0.15) is 0 Å². The van der Waals surface area contributed by atoms with E-state index in [4.69, 9.17) is 5.73 Å². The summed E-state index contributed by atoms with van der Waals surface area (Å²) >= 11 is 0. The highest BCUT2D eigenvalue weighted by atomic mass is 16.4. The maximum Gasteiger partial charge on any atom is 0.343 e. The number of anilines is 2. The van der Waals surface area contributed by atoms with Crippen LogP contribution in [0.2, 0.25) is 0 Å². The quantitative estimate of drug-likeness (QED) is 0.491. The Labute approximate surface area is 160 Å². The minimum atomic E-state index is -1.18. The molecule has 8 nitrogen and oxygen atoms in total. The molecule has 0 bridgehead atoms. The smallest absolute Gasteiger partial charge is 0.343 e. The number of pyridine rings is 2. The summed E-state index contributed by atoms with van der Waals surface area (Å²) in [6, 6.07) is 13.5. The number of carboxylic acid groups (broad SMARTS) is 1. The van der Waals surface area contributed by atoms with E-state index >= 15 is 0 Å². The van der Waals surface area contributed by atoms with Crippen LogP contribution in [0.5, 0.6) is 0 Å². The summed E-state index contributed by atoms with van der Waals surface area (Å²) in [4.78, 5) is 23.9. The van der Waals surface area contributed by atoms with E-state index in [1.807, 2.05) is 55.6 Å². The van der Waals surface area contributed by atoms with E-state index < -0.39 is 5.97 Å². The first-order valence-corrected chi connectivity index (χ1v) is 8.68. The second kappa shape index (κ2) is 6.99. The second-order valence-corrected chi connectivity index (χ2v) is 6.31. The number of rotatable bonds is 5. The Bertz CT molecular complexity index is 1160. The van der Waals surface area contributed by atoms with E-state index in [2.05, 4.69) is 24.7 Å². The van der Waals surface area contributed by atoms with Crippen LogP contribution in [-0.2, 0) is 0 Å². The number of fused-ring (bicyclic) bond motifs is 1. The number of carboxylic acids is 1. The van der Waals surface area contributed by atoms with Crippen LogP contribution in [-0.4, -0.2) is 30.4 Å². The van der Waals surface area contributed by atoms with Gasteiger partial charge in [0.15, 0.2) is 0 Å². The van der Waals surface area contributed by atoms with Crippen molar-refractivity contribution >= 4 is 23.1 Å². The van der Waals surface area contributed by atoms with Crippen molar-refractivity contribution in [1.29, 1.82) is 0 Å². The third-order valence-corrected chi connectivity index (χ3v) is 4.53. The number of hydrogen-bond donors (Lipinski definition) is 3. The summed E-state index contributed by atoms with van der Waals surface area (Å²) in [5, 5.41) is 12.6. The van der Waals surface area contributed by atoms with Crippen molar-refractivity contribution in [3.8, 4) is 11.4 Å². The standard InChI is InChI=1S/C20H18N6O2/c1-12(25-19-16(20(27)28)18(21)23-11-24-19)14-10-13-6-3-5-9-26(13)17(14)15-7-2-4-8-22-15/h2-12H,1H3,(H,27,28)(H3,21,23,24,25). The van der Waals surface area contributed by atoms with Gasteiger partial charge in [-0.25, -0.2) is 14.8 Å². The molecular formula is C20H18N6O2. The first-order chi connectivity index (χ1) is 13.6. The Kier molecular flexibility index (Phi) is 4.36. The molecule has 4 heterocycles. The molecule has 8 heteroatoms. The molecule has 0 radical (unpaired) electrons. The van der Waals surface area contributed by atoms with Gasteiger partial charge in [0.05, 0.1) is 17.4 Å². The number of nitrogens with zero attached hydrogens (tertiary/aromatic N) is 4. The Balaban J connectivity index is 1.82. The fourth-order valence-electron chi connectivity index (χ4n) is 3.25. The van der Waals surface area contributed by atoms with E-state index in [0.717, 1.165) is 22.5 Å². The van der Waals surface area contributed by atoms with Crippen molar-refractivity contribution < 1.29 is 9.90 Å². The molecule has 0 aliphatic heterocycles. The summed E-state index contributed by atoms with van der Waals surface area (Å²) in [5.74, 6) is -1.08. The zero-order valence-corrected chi connectivity index (χ0v) is 15.1. The van der Waals surface area contributed by atoms with Crippen LogP contribution in [0.3, 0.4) is 0 Å². The number of aromatic nitrogens is 4. The molecule has 0 aliphatic rings. The van der Waals surface area contributed by atoms with Gasteiger partial charge in [-0.3, -0.25) is 4.98 Å². The van der Waals surface area contributed by atoms with Gasteiger partial charge in [-0.05, 0) is 37.3 Å². The number of hydrogen-bond acceptors (Lipinski definition) is 6. The molecule has 4 aromatic heterocycles. The number of carbonyl (C=O) groups is 1. The molecule has 4 aromatic rings. The lowest BCUT2D eigenvalue weighted by Gasteiger charge is -2.17. The molecule has 140 valence electrons. The van der Waals surface area contributed by atoms with Crippen LogP contribution >= 0.6 is 0 Å². The second-order valence-electron chi connectivity index (χ2n) is 6.31. The first kappa shape index (κ1) is 17.5. The molecular weight excluding hydrogens is 356 g/mol. The zero-order chi connectivity index (χ0) is 19.7. The van der Waals surface area contributed by atoms with Crippen LogP contribution in [0.15, 0.2) is 61.2 Å². The largest absolute Gasteiger partial charge is 0.477 e. The predicted molar refractivity (Wildman–Crippen MR) is 106 cm³/mol. The van der Waals surface area contributed by atoms with Crippen molar-refractivity contribution in [2.24, 2.45) is 0 Å². The summed E-state index contributed by atoms with van der Waals surface area (Å²) in [6.45, 7) is 1.94. The van der Waals surface area contributed by atoms with Gasteiger partial charge in [0.2, 0.25) is 0 Å². The molecule has 0 aromatic carbocycles. The van der Waals surface area contributed by atoms with Gasteiger partial charge in [-0.15, -0.1) is 0 Å². The zero-order valence-electron chi connectivity index (χ0n) is 15.1. The van der Waals surface area contributed by atoms with Crippen molar-refractivity contribution in [3.05, 3.63) is 72.3 Å². The first-order valence-electron chi connectivity index (χ1n) is 8.68. The fraction of sp³-hybridized carbons (Fsp3) is 0.100. The van der Waals surface area contributed by atoms with Gasteiger partial charge in [0.1, 0.15) is 23.5 Å². The van der Waals surface area contributed by atoms with Crippen molar-refractivity contribution in [2.75, 3.05) is 11.1 Å². The van der Waals surface area contributed by atoms with Gasteiger partial charge >= 0.3 is 5.97 Å². The SMILES string of the molecule is CC(Nc1ncnc(N)c1C(=O)O)c1cc2ccccn2c1-c1ccccn1. The van der Waals surface area contributed by atoms with E-state index in [9.17, 15) is 9.90 Å². The third kappa shape index (κ3) is 3.01. The van der Waals surface area contributed by atoms with Crippen LogP contribution < -0.4 is 11.1 Å². The monoisotopic (exact) mass is 374 g/mol. The fourth-order valence-corrected chi connectivity index (χ4v) is 3.25. The Morgan fingerprint density at radius 1 is 1.18 bits per heavy atom. The molecule has 0 saturated heterocycles. The third-order valence-electron chi connectivity index (χ3n) is 4.53. The summed E-state index contributed by atoms with van der Waals surface area (Å²) < 4.78 is 2.06. The van der Waals surface area contributed by atoms with E-state index in [-0.39, 0.29) is 23.2 Å². The number of aromatic carboxylic acids is 1. The number of nitrogens with two attached hydrogens (primary N) is 1. The van der Waals surface area contributed by atoms with E-state index in [0.29, 0.717) is 0 Å². The average molecular weight is 374 g/mol. The van der Waals surface area contributed by atoms with Crippen LogP contribution in [0.4, 0.5) is 11.6 Å². The van der Waals surface area contributed by atoms with Crippen LogP contribution in [0.1, 0.15) is 28.9 Å². The molecule has 0 aliphatic carbocycles. The summed E-state index contributed by atoms with van der Waals surface area (Å²) in [7, 11) is 0. The highest BCUT2D eigenvalue weighted by Crippen LogP contribution is 2.33. The van der Waals surface area contributed by atoms with Gasteiger partial charge in [-0.1, -0.05) is 12.1 Å². The Morgan fingerprint density at radius 2 is 2.00 bits per heavy atom. The normalized spacial score (nSPS) is 12.0. The molecule has 4 rings (SSSR count). The van der Waals surface area contributed by atoms with Crippen molar-refractivity contribution in [2.45, 2.75) is 13.0 Å². The molecule has 1 atom stereocenters. The van der Waals surface area contributed by atoms with Crippen molar-refractivity contribution in [3.63, 3.8) is 0 Å². The average Bonchev–Trinajstić information content (AvgIpc) is 3.08. The number of nitrogens with one attached hydrogen (secondary N) is 1. The minimum absolute atomic E-state index is 0.0795. The maximum absolute atomic E-state index is 11.6. The van der Waals surface area contributed by atoms with E-state index in [1.165, 1.54) is 6.33 Å². The van der Waals surface area contributed by atoms with E-state index in [1.54, 1.807) is 6.20 Å². The molecule has 1 unspecified atom stereocenters. The summed E-state index contributed by atoms with van der Waals surface area (Å²) in [6.07, 6.45) is 4.96. The van der Waals surface area contributed by atoms with Gasteiger partial charge in [0, 0.05) is 23.5 Å². The lowest BCUT2D eigenvalue weighted by atomic mass is 10.1. The maximum atomic E-state index is 11.6. The summed E-state index contributed by atoms with van der Waals surface area (Å²) in [5.41, 5.74) is 9.30. The molecule has 28 heavy (non-hydrogen) atoms. The molecule has 0 amide bonds. The minimum Gasteiger partial charge on any atom is -0.477 e. The predicted octanol–water partition coefficient (Wildman–Crippen LogP) is 3.24. The molecule has 4 N–H and O–H groups in total. The Hall–Kier alpha value is -3.94. The van der Waals surface area contributed by atoms with Gasteiger partial charge < -0.3 is 20.6 Å². The lowest BCUT2D eigenvalue weighted by Crippen LogP contribution is -2.15. The molecule has 0 saturated carbocycles. The van der Waals surface area contributed by atoms with Gasteiger partial charge in [0.25, 0.3) is 0 Å². The highest BCUT2D eigenvalue weighted by Gasteiger charge is 2.22. The Morgan fingerprint density at radius 3 is 2.75 bits per heavy atom. The van der Waals surface area contributed by atoms with Crippen molar-refractivity contribution in [1.82, 2.24) is 19.4 Å². The lowest BCUT2D eigenvalue weighted by molar-refractivity contribution is 0.0698.